The highest BCUT2D eigenvalue weighted by Crippen LogP contribution is 2.13. The first kappa shape index (κ1) is 13.6. The van der Waals surface area contributed by atoms with Crippen molar-refractivity contribution in [3.63, 3.8) is 0 Å². The van der Waals surface area contributed by atoms with E-state index >= 15 is 0 Å². The molecule has 0 spiro atoms. The number of aryl methyl sites for hydroxylation is 1. The van der Waals surface area contributed by atoms with Gasteiger partial charge in [-0.15, -0.1) is 11.3 Å². The molecule has 1 rings (SSSR count). The zero-order valence-corrected chi connectivity index (χ0v) is 10.8. The average Bonchev–Trinajstić information content (AvgIpc) is 2.81. The number of ether oxygens (including phenoxy) is 1. The number of rotatable bonds is 9. The lowest BCUT2D eigenvalue weighted by Crippen LogP contribution is -2.35. The van der Waals surface area contributed by atoms with Gasteiger partial charge in [-0.2, -0.15) is 0 Å². The lowest BCUT2D eigenvalue weighted by atomic mass is 10.1. The Kier molecular flexibility index (Phi) is 7.42. The summed E-state index contributed by atoms with van der Waals surface area (Å²) in [5, 5.41) is 2.12. The van der Waals surface area contributed by atoms with Crippen molar-refractivity contribution in [3.05, 3.63) is 22.4 Å². The van der Waals surface area contributed by atoms with Crippen LogP contribution in [0.5, 0.6) is 0 Å². The standard InChI is InChI=1S/C12H22N2OS/c1-2-15-9-3-5-11(14-13)7-8-12-6-4-10-16-12/h4,6,10-11,14H,2-3,5,7-9,13H2,1H3. The molecule has 0 saturated carbocycles. The minimum Gasteiger partial charge on any atom is -0.382 e. The maximum absolute atomic E-state index is 5.54. The van der Waals surface area contributed by atoms with Crippen LogP contribution >= 0.6 is 11.3 Å². The van der Waals surface area contributed by atoms with Gasteiger partial charge in [0.05, 0.1) is 0 Å². The molecule has 0 fully saturated rings. The number of hydrazine groups is 1. The fourth-order valence-corrected chi connectivity index (χ4v) is 2.38. The van der Waals surface area contributed by atoms with Gasteiger partial charge in [-0.3, -0.25) is 11.3 Å². The Bertz CT molecular complexity index is 252. The van der Waals surface area contributed by atoms with Gasteiger partial charge >= 0.3 is 0 Å². The molecule has 1 atom stereocenters. The van der Waals surface area contributed by atoms with Crippen molar-refractivity contribution < 1.29 is 4.74 Å². The minimum absolute atomic E-state index is 0.405. The second-order valence-corrected chi connectivity index (χ2v) is 4.85. The molecule has 1 heterocycles. The molecule has 3 N–H and O–H groups in total. The second-order valence-electron chi connectivity index (χ2n) is 3.82. The summed E-state index contributed by atoms with van der Waals surface area (Å²) < 4.78 is 5.31. The van der Waals surface area contributed by atoms with E-state index in [0.29, 0.717) is 6.04 Å². The molecule has 3 nitrogen and oxygen atoms in total. The van der Waals surface area contributed by atoms with Crippen LogP contribution in [0.4, 0.5) is 0 Å². The first-order valence-corrected chi connectivity index (χ1v) is 6.81. The number of hydrogen-bond acceptors (Lipinski definition) is 4. The van der Waals surface area contributed by atoms with E-state index in [-0.39, 0.29) is 0 Å². The lowest BCUT2D eigenvalue weighted by molar-refractivity contribution is 0.140. The van der Waals surface area contributed by atoms with E-state index in [2.05, 4.69) is 22.9 Å². The average molecular weight is 242 g/mol. The van der Waals surface area contributed by atoms with Crippen LogP contribution in [0.1, 0.15) is 31.1 Å². The molecular weight excluding hydrogens is 220 g/mol. The number of nitrogens with two attached hydrogens (primary N) is 1. The summed E-state index contributed by atoms with van der Waals surface area (Å²) in [5.41, 5.74) is 2.89. The summed E-state index contributed by atoms with van der Waals surface area (Å²) >= 11 is 1.81. The molecule has 1 aromatic rings. The van der Waals surface area contributed by atoms with E-state index < -0.39 is 0 Å². The van der Waals surface area contributed by atoms with E-state index in [1.165, 1.54) is 4.88 Å². The van der Waals surface area contributed by atoms with Crippen LogP contribution in [0, 0.1) is 0 Å². The number of thiophene rings is 1. The quantitative estimate of drug-likeness (QED) is 0.397. The summed E-state index contributed by atoms with van der Waals surface area (Å²) in [6, 6.07) is 4.68. The topological polar surface area (TPSA) is 47.3 Å². The minimum atomic E-state index is 0.405. The predicted molar refractivity (Wildman–Crippen MR) is 69.5 cm³/mol. The van der Waals surface area contributed by atoms with Crippen molar-refractivity contribution in [1.29, 1.82) is 0 Å². The second kappa shape index (κ2) is 8.70. The van der Waals surface area contributed by atoms with Gasteiger partial charge in [-0.05, 0) is 44.1 Å². The van der Waals surface area contributed by atoms with Gasteiger partial charge < -0.3 is 4.74 Å². The first-order valence-electron chi connectivity index (χ1n) is 5.93. The van der Waals surface area contributed by atoms with Gasteiger partial charge in [0.2, 0.25) is 0 Å². The van der Waals surface area contributed by atoms with Crippen molar-refractivity contribution >= 4 is 11.3 Å². The lowest BCUT2D eigenvalue weighted by Gasteiger charge is -2.15. The normalized spacial score (nSPS) is 12.9. The Morgan fingerprint density at radius 2 is 2.38 bits per heavy atom. The largest absolute Gasteiger partial charge is 0.382 e. The maximum atomic E-state index is 5.54. The van der Waals surface area contributed by atoms with Gasteiger partial charge in [0.1, 0.15) is 0 Å². The van der Waals surface area contributed by atoms with E-state index in [0.717, 1.165) is 38.9 Å². The Morgan fingerprint density at radius 3 is 3.00 bits per heavy atom. The van der Waals surface area contributed by atoms with Crippen LogP contribution in [0.25, 0.3) is 0 Å². The van der Waals surface area contributed by atoms with Crippen LogP contribution in [-0.2, 0) is 11.2 Å². The molecule has 1 unspecified atom stereocenters. The third kappa shape index (κ3) is 5.61. The van der Waals surface area contributed by atoms with Crippen LogP contribution in [-0.4, -0.2) is 19.3 Å². The Morgan fingerprint density at radius 1 is 1.50 bits per heavy atom. The highest BCUT2D eigenvalue weighted by molar-refractivity contribution is 7.09. The molecule has 0 aliphatic rings. The zero-order chi connectivity index (χ0) is 11.6. The van der Waals surface area contributed by atoms with Crippen molar-refractivity contribution in [2.75, 3.05) is 13.2 Å². The Balaban J connectivity index is 2.11. The highest BCUT2D eigenvalue weighted by atomic mass is 32.1. The molecule has 16 heavy (non-hydrogen) atoms. The smallest absolute Gasteiger partial charge is 0.0466 e. The SMILES string of the molecule is CCOCCCC(CCc1cccs1)NN. The summed E-state index contributed by atoms with van der Waals surface area (Å²) in [6.45, 7) is 3.67. The van der Waals surface area contributed by atoms with Crippen LogP contribution < -0.4 is 11.3 Å². The third-order valence-corrected chi connectivity index (χ3v) is 3.54. The fourth-order valence-electron chi connectivity index (χ4n) is 1.66. The van der Waals surface area contributed by atoms with Crippen molar-refractivity contribution in [2.24, 2.45) is 5.84 Å². The van der Waals surface area contributed by atoms with Crippen molar-refractivity contribution in [2.45, 2.75) is 38.6 Å². The molecular formula is C12H22N2OS. The van der Waals surface area contributed by atoms with Crippen LogP contribution in [0.2, 0.25) is 0 Å². The Hall–Kier alpha value is -0.420. The number of hydrogen-bond donors (Lipinski definition) is 2. The molecule has 92 valence electrons. The maximum Gasteiger partial charge on any atom is 0.0466 e. The molecule has 4 heteroatoms. The molecule has 0 amide bonds. The molecule has 0 radical (unpaired) electrons. The molecule has 0 aromatic carbocycles. The van der Waals surface area contributed by atoms with Crippen molar-refractivity contribution in [3.8, 4) is 0 Å². The molecule has 0 aliphatic carbocycles. The summed E-state index contributed by atoms with van der Waals surface area (Å²) in [6.07, 6.45) is 4.37. The van der Waals surface area contributed by atoms with Crippen LogP contribution in [0.15, 0.2) is 17.5 Å². The third-order valence-electron chi connectivity index (χ3n) is 2.60. The monoisotopic (exact) mass is 242 g/mol. The summed E-state index contributed by atoms with van der Waals surface area (Å²) in [5.74, 6) is 5.54. The fraction of sp³-hybridized carbons (Fsp3) is 0.667. The molecule has 1 aromatic heterocycles. The molecule has 0 saturated heterocycles. The summed E-state index contributed by atoms with van der Waals surface area (Å²) in [4.78, 5) is 1.44. The van der Waals surface area contributed by atoms with E-state index in [1.54, 1.807) is 0 Å². The van der Waals surface area contributed by atoms with Gasteiger partial charge in [-0.1, -0.05) is 6.07 Å². The van der Waals surface area contributed by atoms with E-state index in [1.807, 2.05) is 18.3 Å². The molecule has 0 bridgehead atoms. The van der Waals surface area contributed by atoms with Gasteiger partial charge in [0, 0.05) is 24.1 Å². The van der Waals surface area contributed by atoms with Gasteiger partial charge in [0.15, 0.2) is 0 Å². The van der Waals surface area contributed by atoms with Crippen molar-refractivity contribution in [1.82, 2.24) is 5.43 Å². The van der Waals surface area contributed by atoms with Crippen LogP contribution in [0.3, 0.4) is 0 Å². The highest BCUT2D eigenvalue weighted by Gasteiger charge is 2.06. The van der Waals surface area contributed by atoms with Gasteiger partial charge in [-0.25, -0.2) is 0 Å². The Labute approximate surface area is 102 Å². The van der Waals surface area contributed by atoms with E-state index in [9.17, 15) is 0 Å². The predicted octanol–water partition coefficient (Wildman–Crippen LogP) is 2.33. The first-order chi connectivity index (χ1) is 7.86. The number of nitrogens with one attached hydrogen (secondary N) is 1. The summed E-state index contributed by atoms with van der Waals surface area (Å²) in [7, 11) is 0. The van der Waals surface area contributed by atoms with Gasteiger partial charge in [0.25, 0.3) is 0 Å². The zero-order valence-electron chi connectivity index (χ0n) is 9.95. The van der Waals surface area contributed by atoms with E-state index in [4.69, 9.17) is 10.6 Å². The molecule has 0 aliphatic heterocycles.